The Hall–Kier alpha value is -1.57. The van der Waals surface area contributed by atoms with Crippen molar-refractivity contribution in [2.24, 2.45) is 0 Å². The number of rotatable bonds is 0. The maximum atomic E-state index is 11.3. The van der Waals surface area contributed by atoms with Crippen LogP contribution in [0.2, 0.25) is 0 Å². The van der Waals surface area contributed by atoms with Gasteiger partial charge in [0, 0.05) is 11.1 Å². The molecule has 0 aliphatic heterocycles. The van der Waals surface area contributed by atoms with Crippen molar-refractivity contribution in [2.45, 2.75) is 6.92 Å². The maximum Gasteiger partial charge on any atom is 0.228 e. The molecule has 60 valence electrons. The third-order valence-corrected chi connectivity index (χ3v) is 2.15. The third-order valence-electron chi connectivity index (χ3n) is 2.15. The normalized spacial score (nSPS) is 15.2. The molecule has 0 heterocycles. The number of carbonyl (C=O) groups is 1. The summed E-state index contributed by atoms with van der Waals surface area (Å²) in [5, 5.41) is 9.32. The molecule has 1 aromatic rings. The second-order valence-corrected chi connectivity index (χ2v) is 2.85. The minimum atomic E-state index is -0.261. The van der Waals surface area contributed by atoms with Crippen LogP contribution in [0.3, 0.4) is 0 Å². The first-order valence-electron chi connectivity index (χ1n) is 3.76. The van der Waals surface area contributed by atoms with Crippen LogP contribution in [0, 0.1) is 0 Å². The minimum absolute atomic E-state index is 0.115. The summed E-state index contributed by atoms with van der Waals surface area (Å²) < 4.78 is 0. The Labute approximate surface area is 70.2 Å². The smallest absolute Gasteiger partial charge is 0.228 e. The van der Waals surface area contributed by atoms with E-state index in [0.717, 1.165) is 5.56 Å². The standard InChI is InChI=1S/C10H8O2/c1-6-7-4-2-3-5-8(7)10(12)9(6)11/h2-5H,1H3,(H,11,12). The predicted molar refractivity (Wildman–Crippen MR) is 46.0 cm³/mol. The molecule has 0 amide bonds. The molecule has 0 atom stereocenters. The largest absolute Gasteiger partial charge is 0.504 e. The lowest BCUT2D eigenvalue weighted by molar-refractivity contribution is 0.0984. The molecule has 0 saturated carbocycles. The van der Waals surface area contributed by atoms with Crippen LogP contribution in [0.15, 0.2) is 30.0 Å². The first kappa shape index (κ1) is 7.10. The second-order valence-electron chi connectivity index (χ2n) is 2.85. The number of ketones is 1. The molecular formula is C10H8O2. The molecule has 0 aromatic heterocycles. The molecular weight excluding hydrogens is 152 g/mol. The summed E-state index contributed by atoms with van der Waals surface area (Å²) in [4.78, 5) is 11.3. The summed E-state index contributed by atoms with van der Waals surface area (Å²) in [6.07, 6.45) is 0. The molecule has 1 aliphatic rings. The molecule has 12 heavy (non-hydrogen) atoms. The zero-order valence-electron chi connectivity index (χ0n) is 6.66. The highest BCUT2D eigenvalue weighted by Gasteiger charge is 2.25. The quantitative estimate of drug-likeness (QED) is 0.631. The summed E-state index contributed by atoms with van der Waals surface area (Å²) in [5.41, 5.74) is 2.13. The van der Waals surface area contributed by atoms with E-state index in [1.165, 1.54) is 0 Å². The highest BCUT2D eigenvalue weighted by atomic mass is 16.3. The molecule has 0 fully saturated rings. The highest BCUT2D eigenvalue weighted by molar-refractivity contribution is 6.18. The molecule has 2 rings (SSSR count). The van der Waals surface area contributed by atoms with Gasteiger partial charge in [-0.3, -0.25) is 4.79 Å². The number of carbonyl (C=O) groups excluding carboxylic acids is 1. The van der Waals surface area contributed by atoms with E-state index in [2.05, 4.69) is 0 Å². The van der Waals surface area contributed by atoms with Crippen molar-refractivity contribution < 1.29 is 9.90 Å². The van der Waals surface area contributed by atoms with Crippen molar-refractivity contribution in [1.82, 2.24) is 0 Å². The fraction of sp³-hybridized carbons (Fsp3) is 0.100. The van der Waals surface area contributed by atoms with Gasteiger partial charge in [-0.2, -0.15) is 0 Å². The van der Waals surface area contributed by atoms with Gasteiger partial charge in [-0.15, -0.1) is 0 Å². The average molecular weight is 160 g/mol. The van der Waals surface area contributed by atoms with E-state index in [9.17, 15) is 9.90 Å². The molecule has 0 radical (unpaired) electrons. The average Bonchev–Trinajstić information content (AvgIpc) is 2.33. The van der Waals surface area contributed by atoms with E-state index in [1.54, 1.807) is 19.1 Å². The van der Waals surface area contributed by atoms with Gasteiger partial charge in [-0.1, -0.05) is 24.3 Å². The summed E-state index contributed by atoms with van der Waals surface area (Å²) in [6.45, 7) is 1.75. The van der Waals surface area contributed by atoms with Gasteiger partial charge >= 0.3 is 0 Å². The zero-order chi connectivity index (χ0) is 8.72. The van der Waals surface area contributed by atoms with Crippen LogP contribution in [-0.4, -0.2) is 10.9 Å². The Balaban J connectivity index is 2.73. The third kappa shape index (κ3) is 0.720. The zero-order valence-corrected chi connectivity index (χ0v) is 6.66. The Kier molecular flexibility index (Phi) is 1.30. The highest BCUT2D eigenvalue weighted by Crippen LogP contribution is 2.30. The van der Waals surface area contributed by atoms with Gasteiger partial charge < -0.3 is 5.11 Å². The summed E-state index contributed by atoms with van der Waals surface area (Å²) in [5.74, 6) is -0.376. The van der Waals surface area contributed by atoms with Crippen molar-refractivity contribution >= 4 is 11.4 Å². The van der Waals surface area contributed by atoms with E-state index < -0.39 is 0 Å². The van der Waals surface area contributed by atoms with E-state index >= 15 is 0 Å². The van der Waals surface area contributed by atoms with Crippen LogP contribution in [0.1, 0.15) is 22.8 Å². The van der Waals surface area contributed by atoms with Crippen molar-refractivity contribution in [3.05, 3.63) is 41.2 Å². The molecule has 0 saturated heterocycles. The molecule has 0 spiro atoms. The fourth-order valence-corrected chi connectivity index (χ4v) is 1.43. The van der Waals surface area contributed by atoms with E-state index in [4.69, 9.17) is 0 Å². The van der Waals surface area contributed by atoms with E-state index in [-0.39, 0.29) is 11.5 Å². The van der Waals surface area contributed by atoms with Crippen molar-refractivity contribution in [3.63, 3.8) is 0 Å². The number of hydrogen-bond donors (Lipinski definition) is 1. The predicted octanol–water partition coefficient (Wildman–Crippen LogP) is 2.17. The number of Topliss-reactive ketones (excluding diaryl/α,β-unsaturated/α-hetero) is 1. The van der Waals surface area contributed by atoms with E-state index in [1.807, 2.05) is 12.1 Å². The lowest BCUT2D eigenvalue weighted by Crippen LogP contribution is -1.96. The molecule has 0 unspecified atom stereocenters. The summed E-state index contributed by atoms with van der Waals surface area (Å²) in [7, 11) is 0. The van der Waals surface area contributed by atoms with Gasteiger partial charge in [0.15, 0.2) is 5.76 Å². The topological polar surface area (TPSA) is 37.3 Å². The Bertz CT molecular complexity index is 389. The van der Waals surface area contributed by atoms with Crippen LogP contribution >= 0.6 is 0 Å². The molecule has 2 heteroatoms. The number of aliphatic hydroxyl groups is 1. The van der Waals surface area contributed by atoms with Crippen LogP contribution < -0.4 is 0 Å². The first-order valence-corrected chi connectivity index (χ1v) is 3.76. The fourth-order valence-electron chi connectivity index (χ4n) is 1.43. The number of aliphatic hydroxyl groups excluding tert-OH is 1. The lowest BCUT2D eigenvalue weighted by atomic mass is 10.1. The summed E-state index contributed by atoms with van der Waals surface area (Å²) in [6, 6.07) is 7.22. The van der Waals surface area contributed by atoms with Crippen LogP contribution in [0.4, 0.5) is 0 Å². The lowest BCUT2D eigenvalue weighted by Gasteiger charge is -1.95. The molecule has 1 N–H and O–H groups in total. The summed E-state index contributed by atoms with van der Waals surface area (Å²) >= 11 is 0. The molecule has 0 bridgehead atoms. The van der Waals surface area contributed by atoms with Gasteiger partial charge in [0.1, 0.15) is 0 Å². The number of allylic oxidation sites excluding steroid dienone is 2. The first-order chi connectivity index (χ1) is 5.72. The van der Waals surface area contributed by atoms with Gasteiger partial charge in [0.05, 0.1) is 0 Å². The SMILES string of the molecule is CC1=C(O)C(=O)c2ccccc21. The number of benzene rings is 1. The Morgan fingerprint density at radius 3 is 2.33 bits per heavy atom. The van der Waals surface area contributed by atoms with E-state index in [0.29, 0.717) is 11.1 Å². The van der Waals surface area contributed by atoms with Gasteiger partial charge in [-0.25, -0.2) is 0 Å². The van der Waals surface area contributed by atoms with Gasteiger partial charge in [-0.05, 0) is 12.5 Å². The van der Waals surface area contributed by atoms with Gasteiger partial charge in [0.2, 0.25) is 5.78 Å². The molecule has 1 aromatic carbocycles. The second kappa shape index (κ2) is 2.21. The van der Waals surface area contributed by atoms with Crippen molar-refractivity contribution in [2.75, 3.05) is 0 Å². The molecule has 1 aliphatic carbocycles. The van der Waals surface area contributed by atoms with Crippen molar-refractivity contribution in [1.29, 1.82) is 0 Å². The Morgan fingerprint density at radius 1 is 1.17 bits per heavy atom. The van der Waals surface area contributed by atoms with Crippen molar-refractivity contribution in [3.8, 4) is 0 Å². The van der Waals surface area contributed by atoms with Crippen LogP contribution in [-0.2, 0) is 0 Å². The monoisotopic (exact) mass is 160 g/mol. The number of fused-ring (bicyclic) bond motifs is 1. The Morgan fingerprint density at radius 2 is 1.75 bits per heavy atom. The maximum absolute atomic E-state index is 11.3. The molecule has 2 nitrogen and oxygen atoms in total. The minimum Gasteiger partial charge on any atom is -0.504 e. The van der Waals surface area contributed by atoms with Crippen LogP contribution in [0.5, 0.6) is 0 Å². The number of hydrogen-bond acceptors (Lipinski definition) is 2. The van der Waals surface area contributed by atoms with Gasteiger partial charge in [0.25, 0.3) is 0 Å². The van der Waals surface area contributed by atoms with Crippen LogP contribution in [0.25, 0.3) is 5.57 Å².